The van der Waals surface area contributed by atoms with Gasteiger partial charge in [0, 0.05) is 22.9 Å². The van der Waals surface area contributed by atoms with Crippen molar-refractivity contribution < 1.29 is 17.9 Å². The lowest BCUT2D eigenvalue weighted by Gasteiger charge is -2.13. The molecule has 3 aromatic carbocycles. The highest BCUT2D eigenvalue weighted by molar-refractivity contribution is 5.94. The topological polar surface area (TPSA) is 47.0 Å². The minimum Gasteiger partial charge on any atom is -0.497 e. The van der Waals surface area contributed by atoms with Crippen LogP contribution < -0.4 is 10.1 Å². The number of anilines is 2. The molecular weight excluding hydrogens is 391 g/mol. The van der Waals surface area contributed by atoms with Gasteiger partial charge in [-0.2, -0.15) is 18.3 Å². The number of ether oxygens (including phenoxy) is 1. The number of fused-ring (bicyclic) bond motifs is 1. The normalized spacial score (nSPS) is 11.5. The first-order chi connectivity index (χ1) is 14.4. The zero-order chi connectivity index (χ0) is 21.1. The Kier molecular flexibility index (Phi) is 5.27. The van der Waals surface area contributed by atoms with E-state index >= 15 is 0 Å². The van der Waals surface area contributed by atoms with Gasteiger partial charge >= 0.3 is 6.18 Å². The fraction of sp³-hybridized carbons (Fsp3) is 0.130. The maximum absolute atomic E-state index is 13.0. The standard InChI is InChI=1S/C23H18F3N3O/c1-30-18-11-9-15(10-12-18)13-21-19-7-2-3-8-20(19)22(29-28-21)27-17-6-4-5-16(14-17)23(24,25)26/h2-12,14H,13H2,1H3,(H,27,29). The van der Waals surface area contributed by atoms with E-state index in [1.807, 2.05) is 48.5 Å². The lowest BCUT2D eigenvalue weighted by atomic mass is 10.0. The Labute approximate surface area is 171 Å². The molecule has 1 N–H and O–H groups in total. The van der Waals surface area contributed by atoms with Crippen LogP contribution in [0.3, 0.4) is 0 Å². The monoisotopic (exact) mass is 409 g/mol. The SMILES string of the molecule is COc1ccc(Cc2nnc(Nc3cccc(C(F)(F)F)c3)c3ccccc23)cc1. The maximum Gasteiger partial charge on any atom is 0.416 e. The van der Waals surface area contributed by atoms with Crippen LogP contribution in [0, 0.1) is 0 Å². The molecule has 0 bridgehead atoms. The molecule has 0 aliphatic rings. The smallest absolute Gasteiger partial charge is 0.416 e. The van der Waals surface area contributed by atoms with Gasteiger partial charge in [0.1, 0.15) is 5.75 Å². The summed E-state index contributed by atoms with van der Waals surface area (Å²) in [5.41, 5.74) is 1.41. The molecule has 4 aromatic rings. The molecule has 1 aromatic heterocycles. The number of nitrogens with one attached hydrogen (secondary N) is 1. The van der Waals surface area contributed by atoms with E-state index in [9.17, 15) is 13.2 Å². The summed E-state index contributed by atoms with van der Waals surface area (Å²) < 4.78 is 44.2. The Bertz CT molecular complexity index is 1170. The molecule has 0 radical (unpaired) electrons. The molecule has 0 saturated carbocycles. The highest BCUT2D eigenvalue weighted by Crippen LogP contribution is 2.32. The summed E-state index contributed by atoms with van der Waals surface area (Å²) in [6.45, 7) is 0. The molecule has 0 aliphatic heterocycles. The van der Waals surface area contributed by atoms with Crippen LogP contribution in [0.4, 0.5) is 24.7 Å². The van der Waals surface area contributed by atoms with Crippen molar-refractivity contribution in [3.63, 3.8) is 0 Å². The predicted octanol–water partition coefficient (Wildman–Crippen LogP) is 5.99. The Morgan fingerprint density at radius 1 is 0.867 bits per heavy atom. The van der Waals surface area contributed by atoms with Gasteiger partial charge in [-0.25, -0.2) is 0 Å². The van der Waals surface area contributed by atoms with Gasteiger partial charge in [0.25, 0.3) is 0 Å². The van der Waals surface area contributed by atoms with Crippen LogP contribution in [0.25, 0.3) is 10.8 Å². The Hall–Kier alpha value is -3.61. The quantitative estimate of drug-likeness (QED) is 0.440. The molecule has 0 aliphatic carbocycles. The van der Waals surface area contributed by atoms with Crippen molar-refractivity contribution in [3.05, 3.63) is 89.6 Å². The molecular formula is C23H18F3N3O. The van der Waals surface area contributed by atoms with Crippen LogP contribution in [0.5, 0.6) is 5.75 Å². The fourth-order valence-electron chi connectivity index (χ4n) is 3.23. The van der Waals surface area contributed by atoms with Crippen LogP contribution in [0.15, 0.2) is 72.8 Å². The number of methoxy groups -OCH3 is 1. The van der Waals surface area contributed by atoms with Crippen molar-refractivity contribution in [1.29, 1.82) is 0 Å². The molecule has 0 atom stereocenters. The van der Waals surface area contributed by atoms with Crippen molar-refractivity contribution in [2.75, 3.05) is 12.4 Å². The zero-order valence-electron chi connectivity index (χ0n) is 16.1. The van der Waals surface area contributed by atoms with Gasteiger partial charge in [0.2, 0.25) is 0 Å². The molecule has 4 rings (SSSR count). The van der Waals surface area contributed by atoms with Gasteiger partial charge in [-0.05, 0) is 35.9 Å². The van der Waals surface area contributed by atoms with E-state index in [1.54, 1.807) is 13.2 Å². The van der Waals surface area contributed by atoms with E-state index in [-0.39, 0.29) is 0 Å². The summed E-state index contributed by atoms with van der Waals surface area (Å²) in [6, 6.07) is 20.3. The van der Waals surface area contributed by atoms with Crippen LogP contribution in [-0.4, -0.2) is 17.3 Å². The number of alkyl halides is 3. The van der Waals surface area contributed by atoms with E-state index in [2.05, 4.69) is 15.5 Å². The van der Waals surface area contributed by atoms with Crippen molar-refractivity contribution in [2.24, 2.45) is 0 Å². The van der Waals surface area contributed by atoms with Crippen molar-refractivity contribution >= 4 is 22.3 Å². The second kappa shape index (κ2) is 8.02. The minimum absolute atomic E-state index is 0.298. The fourth-order valence-corrected chi connectivity index (χ4v) is 3.23. The number of nitrogens with zero attached hydrogens (tertiary/aromatic N) is 2. The predicted molar refractivity (Wildman–Crippen MR) is 110 cm³/mol. The first kappa shape index (κ1) is 19.7. The minimum atomic E-state index is -4.41. The maximum atomic E-state index is 13.0. The lowest BCUT2D eigenvalue weighted by molar-refractivity contribution is -0.137. The molecule has 0 amide bonds. The van der Waals surface area contributed by atoms with Crippen LogP contribution in [0.2, 0.25) is 0 Å². The van der Waals surface area contributed by atoms with Crippen LogP contribution in [-0.2, 0) is 12.6 Å². The summed E-state index contributed by atoms with van der Waals surface area (Å²) in [5.74, 6) is 1.18. The summed E-state index contributed by atoms with van der Waals surface area (Å²) in [6.07, 6.45) is -3.84. The third-order valence-electron chi connectivity index (χ3n) is 4.75. The molecule has 152 valence electrons. The van der Waals surface area contributed by atoms with Gasteiger partial charge < -0.3 is 10.1 Å². The van der Waals surface area contributed by atoms with Crippen molar-refractivity contribution in [3.8, 4) is 5.75 Å². The van der Waals surface area contributed by atoms with Gasteiger partial charge in [-0.1, -0.05) is 42.5 Å². The number of rotatable bonds is 5. The summed E-state index contributed by atoms with van der Waals surface area (Å²) >= 11 is 0. The van der Waals surface area contributed by atoms with Crippen LogP contribution in [0.1, 0.15) is 16.8 Å². The summed E-state index contributed by atoms with van der Waals surface area (Å²) in [7, 11) is 1.62. The van der Waals surface area contributed by atoms with E-state index < -0.39 is 11.7 Å². The average molecular weight is 409 g/mol. The molecule has 1 heterocycles. The highest BCUT2D eigenvalue weighted by Gasteiger charge is 2.30. The molecule has 7 heteroatoms. The van der Waals surface area contributed by atoms with E-state index in [1.165, 1.54) is 6.07 Å². The largest absolute Gasteiger partial charge is 0.497 e. The number of hydrogen-bond donors (Lipinski definition) is 1. The van der Waals surface area contributed by atoms with Crippen molar-refractivity contribution in [1.82, 2.24) is 10.2 Å². The van der Waals surface area contributed by atoms with E-state index in [0.717, 1.165) is 39.9 Å². The van der Waals surface area contributed by atoms with Gasteiger partial charge in [0.15, 0.2) is 5.82 Å². The van der Waals surface area contributed by atoms with Crippen molar-refractivity contribution in [2.45, 2.75) is 12.6 Å². The van der Waals surface area contributed by atoms with E-state index in [0.29, 0.717) is 17.9 Å². The van der Waals surface area contributed by atoms with Crippen LogP contribution >= 0.6 is 0 Å². The third-order valence-corrected chi connectivity index (χ3v) is 4.75. The first-order valence-corrected chi connectivity index (χ1v) is 9.25. The van der Waals surface area contributed by atoms with Gasteiger partial charge in [0.05, 0.1) is 18.4 Å². The second-order valence-electron chi connectivity index (χ2n) is 6.77. The molecule has 0 spiro atoms. The summed E-state index contributed by atoms with van der Waals surface area (Å²) in [5, 5.41) is 13.3. The Morgan fingerprint density at radius 3 is 2.30 bits per heavy atom. The molecule has 0 fully saturated rings. The summed E-state index contributed by atoms with van der Waals surface area (Å²) in [4.78, 5) is 0. The number of aromatic nitrogens is 2. The zero-order valence-corrected chi connectivity index (χ0v) is 16.1. The first-order valence-electron chi connectivity index (χ1n) is 9.25. The Morgan fingerprint density at radius 2 is 1.60 bits per heavy atom. The van der Waals surface area contributed by atoms with E-state index in [4.69, 9.17) is 4.74 Å². The number of halogens is 3. The molecule has 0 unspecified atom stereocenters. The third kappa shape index (κ3) is 4.20. The van der Waals surface area contributed by atoms with Gasteiger partial charge in [-0.15, -0.1) is 5.10 Å². The molecule has 0 saturated heterocycles. The number of benzene rings is 3. The lowest BCUT2D eigenvalue weighted by Crippen LogP contribution is -2.06. The van der Waals surface area contributed by atoms with Gasteiger partial charge in [-0.3, -0.25) is 0 Å². The molecule has 4 nitrogen and oxygen atoms in total. The highest BCUT2D eigenvalue weighted by atomic mass is 19.4. The Balaban J connectivity index is 1.67. The second-order valence-corrected chi connectivity index (χ2v) is 6.77. The number of hydrogen-bond acceptors (Lipinski definition) is 4. The molecule has 30 heavy (non-hydrogen) atoms. The average Bonchev–Trinajstić information content (AvgIpc) is 2.75.